The van der Waals surface area contributed by atoms with E-state index in [4.69, 9.17) is 4.74 Å². The Balaban J connectivity index is 1.52. The molecule has 1 saturated heterocycles. The molecule has 2 aliphatic rings. The van der Waals surface area contributed by atoms with Crippen LogP contribution in [0, 0.1) is 0 Å². The number of hydrogen-bond donors (Lipinski definition) is 1. The number of nitrogens with one attached hydrogen (secondary N) is 1. The smallest absolute Gasteiger partial charge is 0.231 e. The van der Waals surface area contributed by atoms with Crippen LogP contribution < -0.4 is 5.32 Å². The summed E-state index contributed by atoms with van der Waals surface area (Å²) in [7, 11) is 0. The number of fused-ring (bicyclic) bond motifs is 1. The summed E-state index contributed by atoms with van der Waals surface area (Å²) in [5, 5.41) is 11.8. The van der Waals surface area contributed by atoms with Gasteiger partial charge in [-0.3, -0.25) is 4.79 Å². The van der Waals surface area contributed by atoms with E-state index in [0.29, 0.717) is 32.6 Å². The molecule has 6 heteroatoms. The lowest BCUT2D eigenvalue weighted by atomic mass is 9.73. The second-order valence-electron chi connectivity index (χ2n) is 7.24. The summed E-state index contributed by atoms with van der Waals surface area (Å²) >= 11 is 0. The van der Waals surface area contributed by atoms with Crippen LogP contribution in [0.25, 0.3) is 0 Å². The second-order valence-corrected chi connectivity index (χ2v) is 7.24. The van der Waals surface area contributed by atoms with Gasteiger partial charge in [0.05, 0.1) is 12.0 Å². The molecular weight excluding hydrogens is 328 g/mol. The number of ether oxygens (including phenoxy) is 1. The maximum atomic E-state index is 13.2. The Bertz CT molecular complexity index is 750. The normalized spacial score (nSPS) is 19.4. The van der Waals surface area contributed by atoms with Crippen molar-refractivity contribution in [3.05, 3.63) is 47.5 Å². The number of amides is 1. The van der Waals surface area contributed by atoms with Gasteiger partial charge in [0.2, 0.25) is 5.91 Å². The van der Waals surface area contributed by atoms with Gasteiger partial charge in [0, 0.05) is 26.2 Å². The Morgan fingerprint density at radius 2 is 1.92 bits per heavy atom. The lowest BCUT2D eigenvalue weighted by molar-refractivity contribution is -0.130. The van der Waals surface area contributed by atoms with E-state index in [-0.39, 0.29) is 5.91 Å². The summed E-state index contributed by atoms with van der Waals surface area (Å²) < 4.78 is 7.72. The number of benzene rings is 1. The van der Waals surface area contributed by atoms with E-state index in [1.807, 2.05) is 30.3 Å². The van der Waals surface area contributed by atoms with E-state index in [1.54, 1.807) is 0 Å². The predicted octanol–water partition coefficient (Wildman–Crippen LogP) is 2.37. The number of rotatable bonds is 4. The fraction of sp³-hybridized carbons (Fsp3) is 0.550. The molecule has 0 spiro atoms. The average Bonchev–Trinajstić information content (AvgIpc) is 2.93. The van der Waals surface area contributed by atoms with Gasteiger partial charge < -0.3 is 14.6 Å². The molecule has 26 heavy (non-hydrogen) atoms. The second kappa shape index (κ2) is 7.58. The quantitative estimate of drug-likeness (QED) is 0.915. The molecule has 1 aromatic heterocycles. The van der Waals surface area contributed by atoms with Crippen LogP contribution in [-0.2, 0) is 34.5 Å². The fourth-order valence-corrected chi connectivity index (χ4v) is 4.13. The molecule has 1 aromatic carbocycles. The molecule has 0 unspecified atom stereocenters. The average molecular weight is 354 g/mol. The molecule has 6 nitrogen and oxygen atoms in total. The van der Waals surface area contributed by atoms with E-state index in [2.05, 4.69) is 20.1 Å². The highest BCUT2D eigenvalue weighted by molar-refractivity contribution is 5.88. The zero-order chi connectivity index (χ0) is 17.8. The van der Waals surface area contributed by atoms with Crippen molar-refractivity contribution >= 4 is 5.91 Å². The van der Waals surface area contributed by atoms with Crippen molar-refractivity contribution in [3.8, 4) is 0 Å². The third kappa shape index (κ3) is 3.26. The van der Waals surface area contributed by atoms with Gasteiger partial charge in [-0.25, -0.2) is 0 Å². The number of nitrogens with zero attached hydrogens (tertiary/aromatic N) is 3. The standard InChI is InChI=1S/C20H26N4O2/c25-19(20(10-13-26-14-11-20)16-7-3-1-4-8-16)21-15-18-23-22-17-9-5-2-6-12-24(17)18/h1,3-4,7-8H,2,5-6,9-15H2,(H,21,25). The van der Waals surface area contributed by atoms with Crippen LogP contribution in [0.2, 0.25) is 0 Å². The Kier molecular flexibility index (Phi) is 5.02. The molecular formula is C20H26N4O2. The molecule has 138 valence electrons. The number of hydrogen-bond acceptors (Lipinski definition) is 4. The topological polar surface area (TPSA) is 69.0 Å². The minimum atomic E-state index is -0.513. The Hall–Kier alpha value is -2.21. The van der Waals surface area contributed by atoms with Gasteiger partial charge in [-0.2, -0.15) is 0 Å². The molecule has 2 aliphatic heterocycles. The first kappa shape index (κ1) is 17.2. The Morgan fingerprint density at radius 3 is 2.73 bits per heavy atom. The zero-order valence-electron chi connectivity index (χ0n) is 15.1. The number of carbonyl (C=O) groups excluding carboxylic acids is 1. The van der Waals surface area contributed by atoms with E-state index in [9.17, 15) is 4.79 Å². The van der Waals surface area contributed by atoms with E-state index in [1.165, 1.54) is 12.8 Å². The van der Waals surface area contributed by atoms with Crippen molar-refractivity contribution in [1.82, 2.24) is 20.1 Å². The van der Waals surface area contributed by atoms with Crippen LogP contribution in [0.5, 0.6) is 0 Å². The number of carbonyl (C=O) groups is 1. The van der Waals surface area contributed by atoms with Crippen LogP contribution in [0.3, 0.4) is 0 Å². The molecule has 0 radical (unpaired) electrons. The first-order chi connectivity index (χ1) is 12.8. The maximum Gasteiger partial charge on any atom is 0.231 e. The van der Waals surface area contributed by atoms with Crippen LogP contribution >= 0.6 is 0 Å². The van der Waals surface area contributed by atoms with Crippen molar-refractivity contribution in [1.29, 1.82) is 0 Å². The lowest BCUT2D eigenvalue weighted by Gasteiger charge is -2.36. The summed E-state index contributed by atoms with van der Waals surface area (Å²) in [5.41, 5.74) is 0.558. The monoisotopic (exact) mass is 354 g/mol. The molecule has 1 N–H and O–H groups in total. The van der Waals surface area contributed by atoms with Crippen LogP contribution in [0.4, 0.5) is 0 Å². The molecule has 0 aliphatic carbocycles. The third-order valence-electron chi connectivity index (χ3n) is 5.70. The molecule has 4 rings (SSSR count). The molecule has 0 saturated carbocycles. The summed E-state index contributed by atoms with van der Waals surface area (Å²) in [6.07, 6.45) is 5.94. The molecule has 2 aromatic rings. The Labute approximate surface area is 154 Å². The van der Waals surface area contributed by atoms with Crippen molar-refractivity contribution in [2.45, 2.75) is 57.0 Å². The SMILES string of the molecule is O=C(NCc1nnc2n1CCCCC2)C1(c2ccccc2)CCOCC1. The van der Waals surface area contributed by atoms with Gasteiger partial charge in [-0.15, -0.1) is 10.2 Å². The fourth-order valence-electron chi connectivity index (χ4n) is 4.13. The van der Waals surface area contributed by atoms with E-state index < -0.39 is 5.41 Å². The van der Waals surface area contributed by atoms with Gasteiger partial charge in [-0.1, -0.05) is 36.8 Å². The Morgan fingerprint density at radius 1 is 1.12 bits per heavy atom. The molecule has 0 bridgehead atoms. The molecule has 0 atom stereocenters. The highest BCUT2D eigenvalue weighted by Gasteiger charge is 2.41. The van der Waals surface area contributed by atoms with Crippen LogP contribution in [0.15, 0.2) is 30.3 Å². The number of aryl methyl sites for hydroxylation is 1. The molecule has 1 fully saturated rings. The van der Waals surface area contributed by atoms with E-state index >= 15 is 0 Å². The highest BCUT2D eigenvalue weighted by Crippen LogP contribution is 2.35. The summed E-state index contributed by atoms with van der Waals surface area (Å²) in [6.45, 7) is 2.61. The minimum absolute atomic E-state index is 0.0676. The molecule has 3 heterocycles. The van der Waals surface area contributed by atoms with Gasteiger partial charge in [0.1, 0.15) is 5.82 Å². The third-order valence-corrected chi connectivity index (χ3v) is 5.70. The van der Waals surface area contributed by atoms with Gasteiger partial charge in [0.15, 0.2) is 5.82 Å². The van der Waals surface area contributed by atoms with Crippen LogP contribution in [0.1, 0.15) is 49.3 Å². The summed E-state index contributed by atoms with van der Waals surface area (Å²) in [4.78, 5) is 13.2. The van der Waals surface area contributed by atoms with Crippen LogP contribution in [-0.4, -0.2) is 33.9 Å². The predicted molar refractivity (Wildman–Crippen MR) is 97.6 cm³/mol. The lowest BCUT2D eigenvalue weighted by Crippen LogP contribution is -2.48. The minimum Gasteiger partial charge on any atom is -0.381 e. The van der Waals surface area contributed by atoms with E-state index in [0.717, 1.165) is 36.6 Å². The first-order valence-electron chi connectivity index (χ1n) is 9.62. The van der Waals surface area contributed by atoms with Gasteiger partial charge in [0.25, 0.3) is 0 Å². The van der Waals surface area contributed by atoms with Crippen molar-refractivity contribution in [3.63, 3.8) is 0 Å². The highest BCUT2D eigenvalue weighted by atomic mass is 16.5. The van der Waals surface area contributed by atoms with Crippen molar-refractivity contribution in [2.24, 2.45) is 0 Å². The zero-order valence-corrected chi connectivity index (χ0v) is 15.1. The van der Waals surface area contributed by atoms with Crippen molar-refractivity contribution in [2.75, 3.05) is 13.2 Å². The largest absolute Gasteiger partial charge is 0.381 e. The maximum absolute atomic E-state index is 13.2. The first-order valence-corrected chi connectivity index (χ1v) is 9.62. The summed E-state index contributed by atoms with van der Waals surface area (Å²) in [5.74, 6) is 1.99. The van der Waals surface area contributed by atoms with Crippen molar-refractivity contribution < 1.29 is 9.53 Å². The summed E-state index contributed by atoms with van der Waals surface area (Å²) in [6, 6.07) is 10.1. The molecule has 1 amide bonds. The van der Waals surface area contributed by atoms with Gasteiger partial charge in [-0.05, 0) is 31.2 Å². The van der Waals surface area contributed by atoms with Gasteiger partial charge >= 0.3 is 0 Å². The number of aromatic nitrogens is 3.